The zero-order valence-corrected chi connectivity index (χ0v) is 109. The van der Waals surface area contributed by atoms with Gasteiger partial charge in [0.1, 0.15) is 0 Å². The van der Waals surface area contributed by atoms with Crippen molar-refractivity contribution in [2.75, 3.05) is 56.3 Å². The van der Waals surface area contributed by atoms with Gasteiger partial charge in [0.15, 0.2) is 0 Å². The van der Waals surface area contributed by atoms with E-state index in [0.717, 1.165) is 64.7 Å². The normalized spacial score (nSPS) is 12.9. The Labute approximate surface area is 931 Å². The smallest absolute Gasteiger partial charge is 0.403 e. The van der Waals surface area contributed by atoms with E-state index < -0.39 is 32.4 Å². The summed E-state index contributed by atoms with van der Waals surface area (Å²) in [5.41, 5.74) is 10.3. The topological polar surface area (TPSA) is 203 Å². The molecule has 24 heteroatoms. The summed E-state index contributed by atoms with van der Waals surface area (Å²) in [6.45, 7) is 101. The molecule has 0 bridgehead atoms. The van der Waals surface area contributed by atoms with E-state index in [4.69, 9.17) is 37.4 Å². The Morgan fingerprint density at radius 2 is 0.634 bits per heavy atom. The van der Waals surface area contributed by atoms with Gasteiger partial charge in [0.25, 0.3) is 5.69 Å². The maximum absolute atomic E-state index is 10.2. The second-order valence-corrected chi connectivity index (χ2v) is 48.5. The van der Waals surface area contributed by atoms with Crippen molar-refractivity contribution >= 4 is 117 Å². The Balaban J connectivity index is -0.000000136. The van der Waals surface area contributed by atoms with Gasteiger partial charge in [-0.05, 0) is 238 Å². The molecular weight excluding hydrogens is 2130 g/mol. The number of hydrogen-bond donors (Lipinski definition) is 5. The number of aromatic nitrogens is 3. The molecule has 6 N–H and O–H groups in total. The van der Waals surface area contributed by atoms with Crippen molar-refractivity contribution in [3.8, 4) is 0 Å². The number of nitrogens with zero attached hydrogens (tertiary/aromatic N) is 4. The van der Waals surface area contributed by atoms with Gasteiger partial charge in [0.2, 0.25) is 0 Å². The first-order chi connectivity index (χ1) is 69.2. The second-order valence-electron chi connectivity index (χ2n) is 33.3. The molecule has 0 radical (unpaired) electrons. The van der Waals surface area contributed by atoms with Gasteiger partial charge < -0.3 is 53.8 Å². The molecule has 5 aromatic carbocycles. The standard InChI is InChI=1S/C16H26BNO2.C15H18N2.C14H18N2.C12H24B2O4.C10H14IN.C7H7NO2.C5H4N.3C4H9.C3H7I.13C2H6.CH4.FH2N.Sn/c1-13-9-6-7-10-14(13)18-12-8-11-17-19-15(2,3)16(4,5)20-17;1-13-7-2-3-10-15(13)17-12-6-9-14-8-4-5-11-16-14;1-13-7-2-3-8-14(13)15-9-6-12-16-10-4-5-11-16;1-9(2)10(3,4)16-13(15-9)14-17-11(5,6)12(7,8)18-14;1-9-5-2-3-6-10(9)12-8-4-7-11;1-6-4-2-3-5-7(6)8(9)10;1-2-4-6-5-3-1;3*1-3-4-2;1-2-3-4;13*1-2;;1-2;/h6-7,9-10,18H,8,11-12H2,1-5H3;2-5,7-8,10-11,17H,6,9,12H2,1H3;2-5,7-8,10-11,15H,6,9,12H2,1H3;1-8H3;2-3,5-6,12H,4,7-8H2,1H3;2-5H,1H3;1-4H;3*1,3-4H2,2H3;2-3H2,1H3;13*1-2H3;1H4;2H2;. The van der Waals surface area contributed by atoms with Gasteiger partial charge in [-0.2, -0.15) is 5.96 Å². The number of benzene rings is 5. The molecule has 3 aliphatic heterocycles. The van der Waals surface area contributed by atoms with Gasteiger partial charge in [0.05, 0.1) is 38.5 Å². The number of nitro groups is 1. The van der Waals surface area contributed by atoms with E-state index in [-0.39, 0.29) is 58.8 Å². The largest absolute Gasteiger partial charge is 0.457 e. The zero-order valence-electron chi connectivity index (χ0n) is 102. The third kappa shape index (κ3) is 74.9. The quantitative estimate of drug-likeness (QED) is 0.00506. The Morgan fingerprint density at radius 3 is 0.903 bits per heavy atom. The molecule has 3 aliphatic rings. The predicted octanol–water partition coefficient (Wildman–Crippen LogP) is 38.8. The number of anilines is 4. The summed E-state index contributed by atoms with van der Waals surface area (Å²) in [5.74, 6) is 3.00. The molecule has 0 saturated carbocycles. The molecule has 17 nitrogen and oxygen atoms in total. The van der Waals surface area contributed by atoms with Crippen LogP contribution in [0.3, 0.4) is 0 Å². The molecule has 8 aromatic rings. The minimum absolute atomic E-state index is 0. The number of pyridine rings is 2. The molecular formula is C121H229B3FI2N9O8Sn. The van der Waals surface area contributed by atoms with Gasteiger partial charge in [0, 0.05) is 95.8 Å². The SMILES string of the molecule is C.CC.CC.CC.CC.CC.CC.CC.CC.CC.CC.CC.CC.CC.CC1(C)OB(B2OC(C)(C)C(C)(C)O2)OC1(C)C.CCCI.CCC[CH2][Sn]([CH2]CCC)([CH2]CCC)[c]1ccccn1.Cc1ccccc1NCCCB1OC(C)(C)C(C)(C)O1.Cc1ccccc1NCCCI.Cc1ccccc1NCCCc1ccccn1.Cc1ccccc1NCCCn1cccc1.Cc1ccccc1[N+](=O)[O-].NF. The van der Waals surface area contributed by atoms with Crippen LogP contribution in [-0.4, -0.2) is 128 Å². The average molecular weight is 2360 g/mol. The van der Waals surface area contributed by atoms with Gasteiger partial charge in [-0.3, -0.25) is 15.1 Å². The molecule has 145 heavy (non-hydrogen) atoms. The Kier molecular flexibility index (Phi) is 124. The Bertz CT molecular complexity index is 3870. The summed E-state index contributed by atoms with van der Waals surface area (Å²) in [6.07, 6.45) is 24.1. The zero-order chi connectivity index (χ0) is 114. The first kappa shape index (κ1) is 164. The van der Waals surface area contributed by atoms with E-state index in [2.05, 4.69) is 311 Å². The van der Waals surface area contributed by atoms with Crippen LogP contribution in [-0.2, 0) is 40.9 Å². The summed E-state index contributed by atoms with van der Waals surface area (Å²) < 4.78 is 55.6. The van der Waals surface area contributed by atoms with Crippen LogP contribution in [0.25, 0.3) is 0 Å². The van der Waals surface area contributed by atoms with Crippen LogP contribution in [0.2, 0.25) is 19.6 Å². The molecule has 0 aliphatic carbocycles. The number of nitrogens with two attached hydrogens (primary N) is 1. The van der Waals surface area contributed by atoms with Crippen molar-refractivity contribution in [2.24, 2.45) is 5.96 Å². The van der Waals surface area contributed by atoms with E-state index >= 15 is 0 Å². The summed E-state index contributed by atoms with van der Waals surface area (Å²) >= 11 is 2.54. The number of para-hydroxylation sites is 5. The monoisotopic (exact) mass is 2360 g/mol. The summed E-state index contributed by atoms with van der Waals surface area (Å²) in [4.78, 5) is 19.0. The Hall–Kier alpha value is -5.62. The molecule has 0 amide bonds. The van der Waals surface area contributed by atoms with Crippen molar-refractivity contribution in [3.05, 3.63) is 238 Å². The van der Waals surface area contributed by atoms with Crippen molar-refractivity contribution in [2.45, 2.75) is 470 Å². The first-order valence-electron chi connectivity index (χ1n) is 55.9. The molecule has 11 rings (SSSR count). The van der Waals surface area contributed by atoms with Gasteiger partial charge in [-0.25, -0.2) is 0 Å². The van der Waals surface area contributed by atoms with Crippen LogP contribution in [0, 0.1) is 44.7 Å². The Morgan fingerprint density at radius 1 is 0.359 bits per heavy atom. The van der Waals surface area contributed by atoms with E-state index in [1.165, 1.54) is 130 Å². The maximum Gasteiger partial charge on any atom is 0.457 e. The molecule has 3 saturated heterocycles. The van der Waals surface area contributed by atoms with Crippen molar-refractivity contribution in [3.63, 3.8) is 0 Å². The van der Waals surface area contributed by atoms with E-state index in [1.54, 1.807) is 28.8 Å². The van der Waals surface area contributed by atoms with Gasteiger partial charge >= 0.3 is 145 Å². The number of halogens is 3. The van der Waals surface area contributed by atoms with E-state index in [0.29, 0.717) is 5.56 Å². The van der Waals surface area contributed by atoms with Crippen LogP contribution in [0.1, 0.15) is 402 Å². The number of nitrogens with one attached hydrogen (secondary N) is 4. The molecule has 3 aromatic heterocycles. The molecule has 0 spiro atoms. The van der Waals surface area contributed by atoms with Crippen molar-refractivity contribution < 1.29 is 37.3 Å². The van der Waals surface area contributed by atoms with E-state index in [1.807, 2.05) is 260 Å². The number of nitro benzene ring substituents is 1. The van der Waals surface area contributed by atoms with Crippen LogP contribution >= 0.6 is 45.2 Å². The predicted molar refractivity (Wildman–Crippen MR) is 677 cm³/mol. The fraction of sp³-hybridized carbons (Fsp3) is 0.636. The fourth-order valence-corrected chi connectivity index (χ4v) is 28.6. The number of alkyl halides is 2. The second kappa shape index (κ2) is 110. The number of unbranched alkanes of at least 4 members (excludes halogenated alkanes) is 3. The third-order valence-electron chi connectivity index (χ3n) is 22.2. The summed E-state index contributed by atoms with van der Waals surface area (Å²) in [7, 11) is -1.04. The van der Waals surface area contributed by atoms with Crippen molar-refractivity contribution in [1.29, 1.82) is 0 Å². The minimum Gasteiger partial charge on any atom is -0.403 e. The van der Waals surface area contributed by atoms with Crippen LogP contribution in [0.4, 0.5) is 32.9 Å². The number of aryl methyl sites for hydroxylation is 7. The minimum atomic E-state index is -2.21. The van der Waals surface area contributed by atoms with E-state index in [9.17, 15) is 10.1 Å². The van der Waals surface area contributed by atoms with Gasteiger partial charge in [-0.1, -0.05) is 337 Å². The summed E-state index contributed by atoms with van der Waals surface area (Å²) in [6, 6.07) is 57.0. The molecule has 840 valence electrons. The number of hydrogen-bond acceptors (Lipinski definition) is 15. The maximum atomic E-state index is 10.2. The molecule has 3 fully saturated rings. The molecule has 6 heterocycles. The average Bonchev–Trinajstić information content (AvgIpc) is 1.60. The van der Waals surface area contributed by atoms with Gasteiger partial charge in [-0.15, -0.1) is 4.48 Å². The van der Waals surface area contributed by atoms with Crippen LogP contribution in [0.15, 0.2) is 195 Å². The molecule has 0 unspecified atom stereocenters. The number of rotatable bonds is 32. The first-order valence-corrected chi connectivity index (χ1v) is 66.4. The van der Waals surface area contributed by atoms with Crippen LogP contribution < -0.4 is 30.9 Å². The van der Waals surface area contributed by atoms with Crippen LogP contribution in [0.5, 0.6) is 0 Å². The molecule has 0 atom stereocenters. The summed E-state index contributed by atoms with van der Waals surface area (Å²) in [5, 5.41) is 24.0. The fourth-order valence-electron chi connectivity index (χ4n) is 12.7. The van der Waals surface area contributed by atoms with Crippen molar-refractivity contribution in [1.82, 2.24) is 14.5 Å². The third-order valence-corrected chi connectivity index (χ3v) is 39.2.